The summed E-state index contributed by atoms with van der Waals surface area (Å²) in [6.07, 6.45) is 3.88. The Kier molecular flexibility index (Phi) is 3.45. The third-order valence-corrected chi connectivity index (χ3v) is 3.10. The smallest absolute Gasteiger partial charge is 0.0925 e. The Hall–Kier alpha value is -0.410. The van der Waals surface area contributed by atoms with Crippen molar-refractivity contribution in [2.45, 2.75) is 39.7 Å². The molecule has 1 aromatic rings. The molecule has 1 atom stereocenters. The molecule has 0 spiro atoms. The Morgan fingerprint density at radius 2 is 2.23 bits per heavy atom. The van der Waals surface area contributed by atoms with Crippen molar-refractivity contribution in [1.82, 2.24) is 4.98 Å². The highest BCUT2D eigenvalue weighted by atomic mass is 32.1. The zero-order chi connectivity index (χ0) is 9.90. The lowest BCUT2D eigenvalue weighted by atomic mass is 9.85. The molecule has 0 aromatic carbocycles. The Bertz CT molecular complexity index is 236. The lowest BCUT2D eigenvalue weighted by molar-refractivity contribution is 0.306. The fourth-order valence-corrected chi connectivity index (χ4v) is 1.72. The van der Waals surface area contributed by atoms with Crippen molar-refractivity contribution in [2.75, 3.05) is 0 Å². The highest BCUT2D eigenvalue weighted by Gasteiger charge is 2.20. The first-order valence-corrected chi connectivity index (χ1v) is 5.52. The maximum absolute atomic E-state index is 6.04. The molecule has 1 rings (SSSR count). The predicted molar refractivity (Wildman–Crippen MR) is 57.9 cm³/mol. The zero-order valence-electron chi connectivity index (χ0n) is 8.58. The summed E-state index contributed by atoms with van der Waals surface area (Å²) < 4.78 is 0. The van der Waals surface area contributed by atoms with Crippen LogP contribution in [0.4, 0.5) is 0 Å². The minimum absolute atomic E-state index is 0.206. The average molecular weight is 198 g/mol. The van der Waals surface area contributed by atoms with Gasteiger partial charge in [0.05, 0.1) is 5.01 Å². The molecule has 0 bridgehead atoms. The highest BCUT2D eigenvalue weighted by Crippen LogP contribution is 2.21. The molecule has 0 aliphatic carbocycles. The van der Waals surface area contributed by atoms with Crippen molar-refractivity contribution in [3.8, 4) is 0 Å². The van der Waals surface area contributed by atoms with E-state index in [-0.39, 0.29) is 11.5 Å². The third kappa shape index (κ3) is 3.44. The van der Waals surface area contributed by atoms with Gasteiger partial charge in [-0.3, -0.25) is 0 Å². The number of hydrogen-bond acceptors (Lipinski definition) is 3. The maximum Gasteiger partial charge on any atom is 0.0925 e. The molecule has 0 aliphatic rings. The first-order chi connectivity index (χ1) is 6.00. The quantitative estimate of drug-likeness (QED) is 0.810. The molecule has 3 heteroatoms. The molecule has 0 fully saturated rings. The summed E-state index contributed by atoms with van der Waals surface area (Å²) in [6, 6.07) is 0.261. The largest absolute Gasteiger partial charge is 0.327 e. The fourth-order valence-electron chi connectivity index (χ4n) is 1.09. The second-order valence-electron chi connectivity index (χ2n) is 4.44. The predicted octanol–water partition coefficient (Wildman–Crippen LogP) is 2.45. The number of rotatable bonds is 3. The van der Waals surface area contributed by atoms with E-state index in [9.17, 15) is 0 Å². The number of hydrogen-bond donors (Lipinski definition) is 1. The first kappa shape index (κ1) is 10.7. The van der Waals surface area contributed by atoms with Gasteiger partial charge in [-0.1, -0.05) is 20.8 Å². The number of nitrogens with zero attached hydrogens (tertiary/aromatic N) is 1. The first-order valence-electron chi connectivity index (χ1n) is 4.64. The van der Waals surface area contributed by atoms with Crippen LogP contribution in [0.3, 0.4) is 0 Å². The number of nitrogens with two attached hydrogens (primary N) is 1. The summed E-state index contributed by atoms with van der Waals surface area (Å²) >= 11 is 1.71. The van der Waals surface area contributed by atoms with Crippen LogP contribution in [-0.4, -0.2) is 11.0 Å². The standard InChI is InChI=1S/C10H18N2S/c1-10(2,3)8(11)4-5-9-12-6-7-13-9/h6-8H,4-5,11H2,1-3H3. The van der Waals surface area contributed by atoms with Gasteiger partial charge in [-0.2, -0.15) is 0 Å². The molecule has 1 heterocycles. The van der Waals surface area contributed by atoms with E-state index in [1.165, 1.54) is 5.01 Å². The summed E-state index contributed by atoms with van der Waals surface area (Å²) in [5, 5.41) is 3.21. The molecule has 13 heavy (non-hydrogen) atoms. The third-order valence-electron chi connectivity index (χ3n) is 2.27. The maximum atomic E-state index is 6.04. The number of aromatic nitrogens is 1. The van der Waals surface area contributed by atoms with Crippen LogP contribution < -0.4 is 5.73 Å². The molecule has 74 valence electrons. The Balaban J connectivity index is 2.35. The van der Waals surface area contributed by atoms with Crippen molar-refractivity contribution in [3.05, 3.63) is 16.6 Å². The van der Waals surface area contributed by atoms with Gasteiger partial charge in [0.25, 0.3) is 0 Å². The lowest BCUT2D eigenvalue weighted by Crippen LogP contribution is -2.35. The highest BCUT2D eigenvalue weighted by molar-refractivity contribution is 7.09. The van der Waals surface area contributed by atoms with E-state index in [0.717, 1.165) is 12.8 Å². The second-order valence-corrected chi connectivity index (χ2v) is 5.42. The molecule has 2 N–H and O–H groups in total. The molecule has 0 amide bonds. The minimum atomic E-state index is 0.206. The van der Waals surface area contributed by atoms with E-state index in [4.69, 9.17) is 5.73 Å². The van der Waals surface area contributed by atoms with Crippen LogP contribution in [0.5, 0.6) is 0 Å². The van der Waals surface area contributed by atoms with E-state index in [0.29, 0.717) is 0 Å². The van der Waals surface area contributed by atoms with Gasteiger partial charge in [-0.05, 0) is 11.8 Å². The van der Waals surface area contributed by atoms with Gasteiger partial charge in [0.1, 0.15) is 0 Å². The Labute approximate surface area is 84.2 Å². The van der Waals surface area contributed by atoms with Crippen molar-refractivity contribution in [1.29, 1.82) is 0 Å². The van der Waals surface area contributed by atoms with Crippen LogP contribution >= 0.6 is 11.3 Å². The second kappa shape index (κ2) is 4.20. The summed E-state index contributed by atoms with van der Waals surface area (Å²) in [6.45, 7) is 6.54. The van der Waals surface area contributed by atoms with E-state index in [1.807, 2.05) is 11.6 Å². The minimum Gasteiger partial charge on any atom is -0.327 e. The summed E-state index contributed by atoms with van der Waals surface area (Å²) in [5.41, 5.74) is 6.25. The lowest BCUT2D eigenvalue weighted by Gasteiger charge is -2.26. The van der Waals surface area contributed by atoms with Crippen molar-refractivity contribution in [2.24, 2.45) is 11.1 Å². The van der Waals surface area contributed by atoms with Crippen LogP contribution in [0.25, 0.3) is 0 Å². The monoisotopic (exact) mass is 198 g/mol. The van der Waals surface area contributed by atoms with E-state index in [1.54, 1.807) is 11.3 Å². The summed E-state index contributed by atoms with van der Waals surface area (Å²) in [4.78, 5) is 4.23. The van der Waals surface area contributed by atoms with Gasteiger partial charge in [-0.25, -0.2) is 4.98 Å². The number of aryl methyl sites for hydroxylation is 1. The van der Waals surface area contributed by atoms with Gasteiger partial charge in [0.2, 0.25) is 0 Å². The average Bonchev–Trinajstić information content (AvgIpc) is 2.50. The van der Waals surface area contributed by atoms with Crippen molar-refractivity contribution < 1.29 is 0 Å². The van der Waals surface area contributed by atoms with E-state index < -0.39 is 0 Å². The van der Waals surface area contributed by atoms with Crippen LogP contribution in [0.1, 0.15) is 32.2 Å². The van der Waals surface area contributed by atoms with Gasteiger partial charge < -0.3 is 5.73 Å². The summed E-state index contributed by atoms with van der Waals surface area (Å²) in [5.74, 6) is 0. The molecular weight excluding hydrogens is 180 g/mol. The Morgan fingerprint density at radius 3 is 2.69 bits per heavy atom. The van der Waals surface area contributed by atoms with E-state index in [2.05, 4.69) is 25.8 Å². The topological polar surface area (TPSA) is 38.9 Å². The van der Waals surface area contributed by atoms with Crippen LogP contribution in [-0.2, 0) is 6.42 Å². The Morgan fingerprint density at radius 1 is 1.54 bits per heavy atom. The van der Waals surface area contributed by atoms with Gasteiger partial charge in [0.15, 0.2) is 0 Å². The van der Waals surface area contributed by atoms with Crippen LogP contribution in [0, 0.1) is 5.41 Å². The van der Waals surface area contributed by atoms with Gasteiger partial charge in [0, 0.05) is 24.0 Å². The molecule has 0 saturated heterocycles. The van der Waals surface area contributed by atoms with Gasteiger partial charge in [-0.15, -0.1) is 11.3 Å². The van der Waals surface area contributed by atoms with Crippen molar-refractivity contribution in [3.63, 3.8) is 0 Å². The van der Waals surface area contributed by atoms with Crippen LogP contribution in [0.2, 0.25) is 0 Å². The van der Waals surface area contributed by atoms with Crippen LogP contribution in [0.15, 0.2) is 11.6 Å². The molecule has 0 radical (unpaired) electrons. The molecular formula is C10H18N2S. The fraction of sp³-hybridized carbons (Fsp3) is 0.700. The summed E-state index contributed by atoms with van der Waals surface area (Å²) in [7, 11) is 0. The van der Waals surface area contributed by atoms with Crippen molar-refractivity contribution >= 4 is 11.3 Å². The SMILES string of the molecule is CC(C)(C)C(N)CCc1nccs1. The number of thiazole rings is 1. The normalized spacial score (nSPS) is 14.5. The molecule has 1 unspecified atom stereocenters. The van der Waals surface area contributed by atoms with Gasteiger partial charge >= 0.3 is 0 Å². The molecule has 2 nitrogen and oxygen atoms in total. The molecule has 0 aliphatic heterocycles. The zero-order valence-corrected chi connectivity index (χ0v) is 9.40. The molecule has 1 aromatic heterocycles. The van der Waals surface area contributed by atoms with E-state index >= 15 is 0 Å². The molecule has 0 saturated carbocycles.